The molecule has 0 bridgehead atoms. The molecule has 1 atom stereocenters. The summed E-state index contributed by atoms with van der Waals surface area (Å²) in [5, 5.41) is 3.13. The van der Waals surface area contributed by atoms with E-state index >= 15 is 0 Å². The molecule has 0 radical (unpaired) electrons. The predicted octanol–water partition coefficient (Wildman–Crippen LogP) is 4.03. The average Bonchev–Trinajstić information content (AvgIpc) is 3.17. The summed E-state index contributed by atoms with van der Waals surface area (Å²) in [6, 6.07) is 13.9. The third kappa shape index (κ3) is 4.75. The highest BCUT2D eigenvalue weighted by Gasteiger charge is 2.39. The summed E-state index contributed by atoms with van der Waals surface area (Å²) in [4.78, 5) is 13.8. The molecule has 6 heteroatoms. The van der Waals surface area contributed by atoms with Crippen LogP contribution in [0.15, 0.2) is 51.8 Å². The van der Waals surface area contributed by atoms with Gasteiger partial charge in [-0.1, -0.05) is 18.2 Å². The maximum atomic E-state index is 12.6. The fourth-order valence-corrected chi connectivity index (χ4v) is 4.56. The van der Waals surface area contributed by atoms with Crippen LogP contribution in [0.5, 0.6) is 0 Å². The zero-order chi connectivity index (χ0) is 18.5. The molecule has 1 aromatic heterocycles. The van der Waals surface area contributed by atoms with Crippen molar-refractivity contribution in [1.29, 1.82) is 0 Å². The number of amides is 1. The zero-order valence-corrected chi connectivity index (χ0v) is 16.1. The van der Waals surface area contributed by atoms with E-state index in [2.05, 4.69) is 17.4 Å². The molecule has 144 valence electrons. The fourth-order valence-electron chi connectivity index (χ4n) is 3.75. The molecular weight excluding hydrogens is 362 g/mol. The Morgan fingerprint density at radius 2 is 1.93 bits per heavy atom. The van der Waals surface area contributed by atoms with Crippen molar-refractivity contribution in [2.75, 3.05) is 19.8 Å². The number of nitrogens with one attached hydrogen (secondary N) is 1. The van der Waals surface area contributed by atoms with Crippen molar-refractivity contribution in [3.05, 3.63) is 54.0 Å². The summed E-state index contributed by atoms with van der Waals surface area (Å²) in [5.74, 6) is 1.76. The van der Waals surface area contributed by atoms with Crippen molar-refractivity contribution < 1.29 is 18.7 Å². The number of ether oxygens (including phenoxy) is 2. The summed E-state index contributed by atoms with van der Waals surface area (Å²) in [7, 11) is 0. The van der Waals surface area contributed by atoms with Gasteiger partial charge in [0, 0.05) is 30.8 Å². The van der Waals surface area contributed by atoms with Crippen LogP contribution in [-0.2, 0) is 15.2 Å². The molecule has 1 unspecified atom stereocenters. The van der Waals surface area contributed by atoms with E-state index in [1.165, 1.54) is 4.90 Å². The van der Waals surface area contributed by atoms with E-state index in [1.54, 1.807) is 17.8 Å². The molecule has 0 saturated carbocycles. The number of furan rings is 1. The SMILES string of the molecule is O=C(NC1CCOC2(CCOCC2)C1)c1ccc(CSc2ccccc2)o1. The number of carbonyl (C=O) groups excluding carboxylic acids is 1. The van der Waals surface area contributed by atoms with Crippen molar-refractivity contribution in [3.8, 4) is 0 Å². The van der Waals surface area contributed by atoms with Gasteiger partial charge in [-0.15, -0.1) is 11.8 Å². The monoisotopic (exact) mass is 387 g/mol. The predicted molar refractivity (Wildman–Crippen MR) is 104 cm³/mol. The standard InChI is InChI=1S/C21H25NO4S/c23-20(22-16-8-11-25-21(14-16)9-12-24-13-10-21)19-7-6-17(26-19)15-27-18-4-2-1-3-5-18/h1-7,16H,8-15H2,(H,22,23). The van der Waals surface area contributed by atoms with E-state index in [9.17, 15) is 4.79 Å². The van der Waals surface area contributed by atoms with Crippen LogP contribution in [0.2, 0.25) is 0 Å². The molecule has 5 nitrogen and oxygen atoms in total. The summed E-state index contributed by atoms with van der Waals surface area (Å²) in [6.07, 6.45) is 3.49. The van der Waals surface area contributed by atoms with Gasteiger partial charge in [0.2, 0.25) is 0 Å². The first-order valence-electron chi connectivity index (χ1n) is 9.52. The highest BCUT2D eigenvalue weighted by molar-refractivity contribution is 7.98. The minimum absolute atomic E-state index is 0.122. The Kier molecular flexibility index (Phi) is 5.86. The van der Waals surface area contributed by atoms with Crippen LogP contribution in [-0.4, -0.2) is 37.4 Å². The first-order chi connectivity index (χ1) is 13.2. The molecule has 27 heavy (non-hydrogen) atoms. The van der Waals surface area contributed by atoms with E-state index < -0.39 is 0 Å². The van der Waals surface area contributed by atoms with Gasteiger partial charge in [0.05, 0.1) is 11.4 Å². The van der Waals surface area contributed by atoms with Crippen molar-refractivity contribution in [2.45, 2.75) is 48.0 Å². The van der Waals surface area contributed by atoms with Gasteiger partial charge >= 0.3 is 0 Å². The molecule has 2 saturated heterocycles. The first kappa shape index (κ1) is 18.6. The third-order valence-electron chi connectivity index (χ3n) is 5.24. The smallest absolute Gasteiger partial charge is 0.287 e. The molecular formula is C21H25NO4S. The largest absolute Gasteiger partial charge is 0.455 e. The van der Waals surface area contributed by atoms with Gasteiger partial charge in [0.1, 0.15) is 5.76 Å². The Morgan fingerprint density at radius 1 is 1.11 bits per heavy atom. The van der Waals surface area contributed by atoms with Gasteiger partial charge < -0.3 is 19.2 Å². The van der Waals surface area contributed by atoms with Crippen LogP contribution >= 0.6 is 11.8 Å². The molecule has 2 aliphatic heterocycles. The van der Waals surface area contributed by atoms with Gasteiger partial charge in [-0.2, -0.15) is 0 Å². The molecule has 1 aromatic carbocycles. The molecule has 3 heterocycles. The van der Waals surface area contributed by atoms with Crippen LogP contribution in [0.3, 0.4) is 0 Å². The molecule has 1 amide bonds. The van der Waals surface area contributed by atoms with Crippen LogP contribution in [0.25, 0.3) is 0 Å². The summed E-state index contributed by atoms with van der Waals surface area (Å²) >= 11 is 1.70. The fraction of sp³-hybridized carbons (Fsp3) is 0.476. The lowest BCUT2D eigenvalue weighted by Gasteiger charge is -2.43. The van der Waals surface area contributed by atoms with E-state index in [4.69, 9.17) is 13.9 Å². The molecule has 1 N–H and O–H groups in total. The molecule has 0 aliphatic carbocycles. The van der Waals surface area contributed by atoms with E-state index in [1.807, 2.05) is 24.3 Å². The second-order valence-electron chi connectivity index (χ2n) is 7.17. The third-order valence-corrected chi connectivity index (χ3v) is 6.28. The van der Waals surface area contributed by atoms with Crippen molar-refractivity contribution >= 4 is 17.7 Å². The van der Waals surface area contributed by atoms with Crippen molar-refractivity contribution in [2.24, 2.45) is 0 Å². The van der Waals surface area contributed by atoms with Crippen molar-refractivity contribution in [3.63, 3.8) is 0 Å². The average molecular weight is 388 g/mol. The first-order valence-corrected chi connectivity index (χ1v) is 10.5. The number of rotatable bonds is 5. The lowest BCUT2D eigenvalue weighted by molar-refractivity contribution is -0.139. The summed E-state index contributed by atoms with van der Waals surface area (Å²) in [6.45, 7) is 2.16. The topological polar surface area (TPSA) is 60.7 Å². The number of benzene rings is 1. The number of carbonyl (C=O) groups is 1. The zero-order valence-electron chi connectivity index (χ0n) is 15.3. The van der Waals surface area contributed by atoms with E-state index in [0.717, 1.165) is 44.7 Å². The van der Waals surface area contributed by atoms with Crippen LogP contribution in [0, 0.1) is 0 Å². The van der Waals surface area contributed by atoms with E-state index in [-0.39, 0.29) is 17.6 Å². The molecule has 2 fully saturated rings. The van der Waals surface area contributed by atoms with Crippen LogP contribution in [0.1, 0.15) is 42.0 Å². The van der Waals surface area contributed by atoms with Gasteiger partial charge in [-0.05, 0) is 49.9 Å². The van der Waals surface area contributed by atoms with Crippen molar-refractivity contribution in [1.82, 2.24) is 5.32 Å². The van der Waals surface area contributed by atoms with Crippen LogP contribution < -0.4 is 5.32 Å². The second kappa shape index (κ2) is 8.50. The highest BCUT2D eigenvalue weighted by atomic mass is 32.2. The summed E-state index contributed by atoms with van der Waals surface area (Å²) in [5.41, 5.74) is -0.130. The number of hydrogen-bond acceptors (Lipinski definition) is 5. The maximum absolute atomic E-state index is 12.6. The van der Waals surface area contributed by atoms with Gasteiger partial charge in [0.25, 0.3) is 5.91 Å². The Hall–Kier alpha value is -1.76. The quantitative estimate of drug-likeness (QED) is 0.785. The number of hydrogen-bond donors (Lipinski definition) is 1. The lowest BCUT2D eigenvalue weighted by Crippen LogP contribution is -2.51. The minimum Gasteiger partial charge on any atom is -0.455 e. The summed E-state index contributed by atoms with van der Waals surface area (Å²) < 4.78 is 17.3. The minimum atomic E-state index is -0.139. The Labute approximate surface area is 163 Å². The lowest BCUT2D eigenvalue weighted by atomic mass is 9.84. The van der Waals surface area contributed by atoms with Gasteiger partial charge in [-0.25, -0.2) is 0 Å². The molecule has 2 aromatic rings. The van der Waals surface area contributed by atoms with Gasteiger partial charge in [0.15, 0.2) is 5.76 Å². The second-order valence-corrected chi connectivity index (χ2v) is 8.22. The Morgan fingerprint density at radius 3 is 2.74 bits per heavy atom. The highest BCUT2D eigenvalue weighted by Crippen LogP contribution is 2.34. The normalized spacial score (nSPS) is 21.9. The molecule has 1 spiro atoms. The Bertz CT molecular complexity index is 749. The van der Waals surface area contributed by atoms with Crippen LogP contribution in [0.4, 0.5) is 0 Å². The molecule has 2 aliphatic rings. The Balaban J connectivity index is 1.31. The maximum Gasteiger partial charge on any atom is 0.287 e. The van der Waals surface area contributed by atoms with E-state index in [0.29, 0.717) is 18.1 Å². The number of thioether (sulfide) groups is 1. The molecule has 4 rings (SSSR count). The van der Waals surface area contributed by atoms with Gasteiger partial charge in [-0.3, -0.25) is 4.79 Å².